The van der Waals surface area contributed by atoms with E-state index >= 15 is 0 Å². The average Bonchev–Trinajstić information content (AvgIpc) is 3.14. The summed E-state index contributed by atoms with van der Waals surface area (Å²) < 4.78 is 11.2. The molecule has 142 valence electrons. The molecule has 0 aliphatic heterocycles. The summed E-state index contributed by atoms with van der Waals surface area (Å²) >= 11 is 12.1. The normalized spacial score (nSPS) is 15.8. The fraction of sp³-hybridized carbons (Fsp3) is 0.421. The standard InChI is InChI=1S/C19H23Cl2NO4/c1-4-19(3,18(24)25-5-2)17(23)16(14-7-6-10-22-14)26-15-9-8-12(20)11-13(15)21/h6-11,16-17,22-23H,4-5H2,1-3H3. The van der Waals surface area contributed by atoms with Gasteiger partial charge in [0, 0.05) is 11.2 Å². The maximum atomic E-state index is 12.5. The molecule has 1 aromatic heterocycles. The van der Waals surface area contributed by atoms with Gasteiger partial charge in [-0.05, 0) is 50.6 Å². The van der Waals surface area contributed by atoms with Gasteiger partial charge in [0.15, 0.2) is 6.10 Å². The second-order valence-electron chi connectivity index (χ2n) is 6.17. The molecule has 1 aromatic carbocycles. The number of hydrogen-bond donors (Lipinski definition) is 2. The number of halogens is 2. The smallest absolute Gasteiger partial charge is 0.314 e. The zero-order valence-electron chi connectivity index (χ0n) is 15.0. The predicted molar refractivity (Wildman–Crippen MR) is 102 cm³/mol. The van der Waals surface area contributed by atoms with Crippen molar-refractivity contribution in [2.45, 2.75) is 39.4 Å². The number of H-pyrrole nitrogens is 1. The van der Waals surface area contributed by atoms with Crippen molar-refractivity contribution in [2.75, 3.05) is 6.61 Å². The van der Waals surface area contributed by atoms with Crippen LogP contribution in [0, 0.1) is 5.41 Å². The average molecular weight is 400 g/mol. The second kappa shape index (κ2) is 8.80. The number of aliphatic hydroxyl groups excluding tert-OH is 1. The van der Waals surface area contributed by atoms with E-state index in [0.717, 1.165) is 0 Å². The van der Waals surface area contributed by atoms with E-state index in [2.05, 4.69) is 4.98 Å². The molecule has 0 aliphatic rings. The number of esters is 1. The molecule has 3 unspecified atom stereocenters. The van der Waals surface area contributed by atoms with Gasteiger partial charge in [-0.25, -0.2) is 0 Å². The van der Waals surface area contributed by atoms with Crippen molar-refractivity contribution in [1.82, 2.24) is 4.98 Å². The number of ether oxygens (including phenoxy) is 2. The summed E-state index contributed by atoms with van der Waals surface area (Å²) in [6.45, 7) is 5.45. The van der Waals surface area contributed by atoms with Gasteiger partial charge in [-0.1, -0.05) is 30.1 Å². The van der Waals surface area contributed by atoms with Crippen LogP contribution in [-0.4, -0.2) is 28.8 Å². The minimum atomic E-state index is -1.17. The molecular formula is C19H23Cl2NO4. The van der Waals surface area contributed by atoms with Crippen molar-refractivity contribution in [2.24, 2.45) is 5.41 Å². The molecule has 1 heterocycles. The molecule has 2 aromatic rings. The van der Waals surface area contributed by atoms with Crippen LogP contribution in [0.25, 0.3) is 0 Å². The van der Waals surface area contributed by atoms with Crippen LogP contribution in [-0.2, 0) is 9.53 Å². The molecule has 0 radical (unpaired) electrons. The van der Waals surface area contributed by atoms with Gasteiger partial charge < -0.3 is 19.6 Å². The summed E-state index contributed by atoms with van der Waals surface area (Å²) in [6.07, 6.45) is 0.0762. The number of carbonyl (C=O) groups is 1. The summed E-state index contributed by atoms with van der Waals surface area (Å²) in [5, 5.41) is 11.9. The van der Waals surface area contributed by atoms with Crippen LogP contribution in [0.1, 0.15) is 39.0 Å². The van der Waals surface area contributed by atoms with Crippen molar-refractivity contribution in [3.63, 3.8) is 0 Å². The highest BCUT2D eigenvalue weighted by Gasteiger charge is 2.46. The van der Waals surface area contributed by atoms with Crippen LogP contribution in [0.15, 0.2) is 36.5 Å². The summed E-state index contributed by atoms with van der Waals surface area (Å²) in [7, 11) is 0. The third-order valence-corrected chi connectivity index (χ3v) is 5.02. The summed E-state index contributed by atoms with van der Waals surface area (Å²) in [5.74, 6) is -0.116. The number of nitrogens with one attached hydrogen (secondary N) is 1. The van der Waals surface area contributed by atoms with Crippen LogP contribution in [0.2, 0.25) is 10.0 Å². The molecule has 0 bridgehead atoms. The second-order valence-corrected chi connectivity index (χ2v) is 7.02. The Balaban J connectivity index is 2.39. The molecule has 0 amide bonds. The van der Waals surface area contributed by atoms with Gasteiger partial charge in [0.25, 0.3) is 0 Å². The summed E-state index contributed by atoms with van der Waals surface area (Å²) in [4.78, 5) is 15.5. The van der Waals surface area contributed by atoms with Crippen molar-refractivity contribution >= 4 is 29.2 Å². The summed E-state index contributed by atoms with van der Waals surface area (Å²) in [5.41, 5.74) is -0.530. The number of benzene rings is 1. The molecule has 2 rings (SSSR count). The zero-order chi connectivity index (χ0) is 19.3. The van der Waals surface area contributed by atoms with E-state index in [1.807, 2.05) is 6.92 Å². The number of hydrogen-bond acceptors (Lipinski definition) is 4. The minimum Gasteiger partial charge on any atom is -0.480 e. The monoisotopic (exact) mass is 399 g/mol. The largest absolute Gasteiger partial charge is 0.480 e. The van der Waals surface area contributed by atoms with Crippen LogP contribution >= 0.6 is 23.2 Å². The molecule has 0 spiro atoms. The van der Waals surface area contributed by atoms with Gasteiger partial charge in [-0.3, -0.25) is 4.79 Å². The van der Waals surface area contributed by atoms with Crippen LogP contribution < -0.4 is 4.74 Å². The first-order valence-corrected chi connectivity index (χ1v) is 9.19. The van der Waals surface area contributed by atoms with Gasteiger partial charge in [0.1, 0.15) is 11.9 Å². The van der Waals surface area contributed by atoms with Gasteiger partial charge in [-0.2, -0.15) is 0 Å². The van der Waals surface area contributed by atoms with Crippen LogP contribution in [0.4, 0.5) is 0 Å². The number of rotatable bonds is 8. The Morgan fingerprint density at radius 2 is 2.04 bits per heavy atom. The van der Waals surface area contributed by atoms with E-state index in [9.17, 15) is 9.90 Å². The molecule has 5 nitrogen and oxygen atoms in total. The van der Waals surface area contributed by atoms with E-state index in [-0.39, 0.29) is 6.61 Å². The van der Waals surface area contributed by atoms with Crippen molar-refractivity contribution in [1.29, 1.82) is 0 Å². The van der Waals surface area contributed by atoms with E-state index in [1.54, 1.807) is 50.4 Å². The lowest BCUT2D eigenvalue weighted by Gasteiger charge is -2.35. The SMILES string of the molecule is CCOC(=O)C(C)(CC)C(O)C(Oc1ccc(Cl)cc1Cl)c1ccc[nH]1. The zero-order valence-corrected chi connectivity index (χ0v) is 16.5. The van der Waals surface area contributed by atoms with Gasteiger partial charge in [-0.15, -0.1) is 0 Å². The highest BCUT2D eigenvalue weighted by atomic mass is 35.5. The maximum Gasteiger partial charge on any atom is 0.314 e. The first kappa shape index (κ1) is 20.6. The third-order valence-electron chi connectivity index (χ3n) is 4.49. The molecule has 2 N–H and O–H groups in total. The molecule has 0 aliphatic carbocycles. The van der Waals surface area contributed by atoms with Crippen LogP contribution in [0.5, 0.6) is 5.75 Å². The number of aromatic amines is 1. The van der Waals surface area contributed by atoms with Crippen LogP contribution in [0.3, 0.4) is 0 Å². The number of carbonyl (C=O) groups excluding carboxylic acids is 1. The third kappa shape index (κ3) is 4.34. The quantitative estimate of drug-likeness (QED) is 0.626. The Morgan fingerprint density at radius 1 is 1.31 bits per heavy atom. The van der Waals surface area contributed by atoms with Gasteiger partial charge in [0.2, 0.25) is 0 Å². The lowest BCUT2D eigenvalue weighted by Crippen LogP contribution is -2.45. The number of aromatic nitrogens is 1. The van der Waals surface area contributed by atoms with E-state index < -0.39 is 23.6 Å². The predicted octanol–water partition coefficient (Wildman–Crippen LogP) is 4.78. The highest BCUT2D eigenvalue weighted by Crippen LogP contribution is 2.39. The molecular weight excluding hydrogens is 377 g/mol. The Morgan fingerprint density at radius 3 is 2.58 bits per heavy atom. The molecule has 0 saturated heterocycles. The number of aliphatic hydroxyl groups is 1. The highest BCUT2D eigenvalue weighted by molar-refractivity contribution is 6.35. The van der Waals surface area contributed by atoms with Crippen molar-refractivity contribution in [3.8, 4) is 5.75 Å². The molecule has 3 atom stereocenters. The van der Waals surface area contributed by atoms with Gasteiger partial charge >= 0.3 is 5.97 Å². The lowest BCUT2D eigenvalue weighted by atomic mass is 9.78. The molecule has 0 fully saturated rings. The maximum absolute atomic E-state index is 12.5. The Hall–Kier alpha value is -1.69. The first-order valence-electron chi connectivity index (χ1n) is 8.43. The molecule has 26 heavy (non-hydrogen) atoms. The van der Waals surface area contributed by atoms with E-state index in [1.165, 1.54) is 0 Å². The minimum absolute atomic E-state index is 0.234. The fourth-order valence-corrected chi connectivity index (χ4v) is 3.08. The molecule has 7 heteroatoms. The van der Waals surface area contributed by atoms with Gasteiger partial charge in [0.05, 0.1) is 22.7 Å². The fourth-order valence-electron chi connectivity index (χ4n) is 2.63. The van der Waals surface area contributed by atoms with Crippen molar-refractivity contribution in [3.05, 3.63) is 52.3 Å². The van der Waals surface area contributed by atoms with Crippen molar-refractivity contribution < 1.29 is 19.4 Å². The first-order chi connectivity index (χ1) is 12.3. The topological polar surface area (TPSA) is 71.6 Å². The van der Waals surface area contributed by atoms with E-state index in [0.29, 0.717) is 27.9 Å². The Bertz CT molecular complexity index is 735. The Labute approximate surface area is 163 Å². The summed E-state index contributed by atoms with van der Waals surface area (Å²) in [6, 6.07) is 8.39. The Kier molecular flexibility index (Phi) is 6.98. The molecule has 0 saturated carbocycles. The lowest BCUT2D eigenvalue weighted by molar-refractivity contribution is -0.167. The van der Waals surface area contributed by atoms with E-state index in [4.69, 9.17) is 32.7 Å².